The van der Waals surface area contributed by atoms with Crippen molar-refractivity contribution in [1.82, 2.24) is 0 Å². The first-order chi connectivity index (χ1) is 21.1. The van der Waals surface area contributed by atoms with Crippen LogP contribution in [0.5, 0.6) is 28.7 Å². The van der Waals surface area contributed by atoms with E-state index in [1.54, 1.807) is 12.1 Å². The van der Waals surface area contributed by atoms with Gasteiger partial charge in [-0.25, -0.2) is 4.79 Å². The number of carbonyl (C=O) groups excluding carboxylic acids is 1. The number of rotatable bonds is 8. The highest BCUT2D eigenvalue weighted by Crippen LogP contribution is 2.35. The van der Waals surface area contributed by atoms with Crippen molar-refractivity contribution in [2.45, 2.75) is 30.7 Å². The minimum absolute atomic E-state index is 0.0413. The minimum atomic E-state index is -1.76. The highest BCUT2D eigenvalue weighted by atomic mass is 16.7. The number of aliphatic hydroxyl groups excluding tert-OH is 3. The zero-order chi connectivity index (χ0) is 31.5. The Hall–Kier alpha value is -5.08. The fourth-order valence-electron chi connectivity index (χ4n) is 4.63. The summed E-state index contributed by atoms with van der Waals surface area (Å²) in [5.74, 6) is -1.42. The molecular weight excluding hydrogens is 580 g/mol. The van der Waals surface area contributed by atoms with Gasteiger partial charge in [0.25, 0.3) is 0 Å². The van der Waals surface area contributed by atoms with Gasteiger partial charge in [0, 0.05) is 29.8 Å². The van der Waals surface area contributed by atoms with Crippen LogP contribution in [0.1, 0.15) is 5.56 Å². The molecule has 230 valence electrons. The van der Waals surface area contributed by atoms with Crippen LogP contribution in [0.25, 0.3) is 28.4 Å². The summed E-state index contributed by atoms with van der Waals surface area (Å²) >= 11 is 0. The third-order valence-electron chi connectivity index (χ3n) is 6.88. The van der Waals surface area contributed by atoms with Crippen molar-refractivity contribution in [3.63, 3.8) is 0 Å². The molecule has 1 aliphatic rings. The van der Waals surface area contributed by atoms with E-state index in [1.807, 2.05) is 0 Å². The zero-order valence-electron chi connectivity index (χ0n) is 23.1. The molecule has 13 heteroatoms. The fourth-order valence-corrected chi connectivity index (χ4v) is 4.63. The number of hydrogen-bond donors (Lipinski definition) is 6. The zero-order valence-corrected chi connectivity index (χ0v) is 23.1. The summed E-state index contributed by atoms with van der Waals surface area (Å²) in [7, 11) is 1.36. The molecule has 13 nitrogen and oxygen atoms in total. The third kappa shape index (κ3) is 6.31. The molecule has 0 amide bonds. The smallest absolute Gasteiger partial charge is 0.331 e. The van der Waals surface area contributed by atoms with Gasteiger partial charge in [0.05, 0.1) is 13.7 Å². The minimum Gasteiger partial charge on any atom is -0.508 e. The lowest BCUT2D eigenvalue weighted by atomic mass is 9.99. The summed E-state index contributed by atoms with van der Waals surface area (Å²) in [6.07, 6.45) is -5.48. The third-order valence-corrected chi connectivity index (χ3v) is 6.88. The molecule has 1 saturated heterocycles. The molecule has 6 N–H and O–H groups in total. The second kappa shape index (κ2) is 12.7. The highest BCUT2D eigenvalue weighted by molar-refractivity contribution is 5.87. The molecule has 5 rings (SSSR count). The summed E-state index contributed by atoms with van der Waals surface area (Å²) in [6, 6.07) is 13.7. The fraction of sp³-hybridized carbons (Fsp3) is 0.226. The van der Waals surface area contributed by atoms with Gasteiger partial charge in [0.2, 0.25) is 6.29 Å². The van der Waals surface area contributed by atoms with Crippen molar-refractivity contribution in [2.24, 2.45) is 0 Å². The number of aliphatic hydroxyl groups is 3. The molecule has 0 spiro atoms. The molecule has 0 saturated carbocycles. The van der Waals surface area contributed by atoms with Gasteiger partial charge >= 0.3 is 5.97 Å². The summed E-state index contributed by atoms with van der Waals surface area (Å²) < 4.78 is 27.5. The summed E-state index contributed by atoms with van der Waals surface area (Å²) in [4.78, 5) is 25.4. The Labute approximate surface area is 249 Å². The van der Waals surface area contributed by atoms with Gasteiger partial charge in [0.1, 0.15) is 46.2 Å². The lowest BCUT2D eigenvalue weighted by Crippen LogP contribution is -2.61. The molecule has 4 aromatic rings. The lowest BCUT2D eigenvalue weighted by molar-refractivity contribution is -0.280. The van der Waals surface area contributed by atoms with Crippen LogP contribution >= 0.6 is 0 Å². The normalized spacial score (nSPS) is 21.8. The average molecular weight is 609 g/mol. The molecule has 0 radical (unpaired) electrons. The van der Waals surface area contributed by atoms with E-state index in [0.29, 0.717) is 11.1 Å². The maximum absolute atomic E-state index is 12.9. The van der Waals surface area contributed by atoms with Gasteiger partial charge < -0.3 is 54.0 Å². The highest BCUT2D eigenvalue weighted by Gasteiger charge is 2.47. The summed E-state index contributed by atoms with van der Waals surface area (Å²) in [6.45, 7) is -0.720. The lowest BCUT2D eigenvalue weighted by Gasteiger charge is -2.41. The standard InChI is InChI=1S/C31H28O13/c1-40-23-10-16(5-8-19(23)34)22-13-21(36)27-20(35)11-18(12-24(27)42-22)41-31-29(39)30(28(38)25(14-32)43-31)44-26(37)9-4-15-2-6-17(33)7-3-15/h2-13,25,28-35,38-39H,14H2,1H3/t25-,28-,29-,30+,31+/m0/s1. The first kappa shape index (κ1) is 30.4. The van der Waals surface area contributed by atoms with Crippen molar-refractivity contribution >= 4 is 23.0 Å². The molecule has 5 atom stereocenters. The number of esters is 1. The van der Waals surface area contributed by atoms with Gasteiger partial charge in [-0.3, -0.25) is 4.79 Å². The maximum atomic E-state index is 12.9. The van der Waals surface area contributed by atoms with Crippen LogP contribution in [0, 0.1) is 0 Å². The Morgan fingerprint density at radius 1 is 0.955 bits per heavy atom. The Balaban J connectivity index is 1.40. The molecule has 2 heterocycles. The molecule has 1 aliphatic heterocycles. The van der Waals surface area contributed by atoms with Crippen molar-refractivity contribution in [1.29, 1.82) is 0 Å². The van der Waals surface area contributed by atoms with Crippen LogP contribution in [0.15, 0.2) is 76.0 Å². The Morgan fingerprint density at radius 2 is 1.70 bits per heavy atom. The van der Waals surface area contributed by atoms with E-state index in [1.165, 1.54) is 49.6 Å². The Morgan fingerprint density at radius 3 is 2.41 bits per heavy atom. The van der Waals surface area contributed by atoms with Gasteiger partial charge in [-0.05, 0) is 42.0 Å². The van der Waals surface area contributed by atoms with Crippen molar-refractivity contribution in [2.75, 3.05) is 13.7 Å². The SMILES string of the molecule is COc1cc(-c2cc(=O)c3c(O)cc(O[C@@H]4O[C@@H](CO)[C@H](O)[C@@H](OC(=O)C=Cc5ccc(O)cc5)[C@@H]4O)cc3o2)ccc1O. The van der Waals surface area contributed by atoms with Gasteiger partial charge in [-0.15, -0.1) is 0 Å². The monoisotopic (exact) mass is 608 g/mol. The number of benzene rings is 3. The number of phenolic OH excluding ortho intramolecular Hbond substituents is 3. The number of methoxy groups -OCH3 is 1. The quantitative estimate of drug-likeness (QED) is 0.125. The van der Waals surface area contributed by atoms with Crippen LogP contribution < -0.4 is 14.9 Å². The first-order valence-corrected chi connectivity index (χ1v) is 13.2. The van der Waals surface area contributed by atoms with Gasteiger partial charge in [-0.2, -0.15) is 0 Å². The maximum Gasteiger partial charge on any atom is 0.331 e. The van der Waals surface area contributed by atoms with Crippen molar-refractivity contribution in [3.05, 3.63) is 82.5 Å². The van der Waals surface area contributed by atoms with E-state index in [0.717, 1.165) is 18.2 Å². The van der Waals surface area contributed by atoms with E-state index in [9.17, 15) is 40.2 Å². The predicted octanol–water partition coefficient (Wildman–Crippen LogP) is 2.03. The van der Waals surface area contributed by atoms with Crippen molar-refractivity contribution in [3.8, 4) is 40.1 Å². The number of hydrogen-bond acceptors (Lipinski definition) is 13. The molecule has 3 aromatic carbocycles. The van der Waals surface area contributed by atoms with Gasteiger partial charge in [0.15, 0.2) is 29.1 Å². The first-order valence-electron chi connectivity index (χ1n) is 13.2. The molecule has 0 aliphatic carbocycles. The second-order valence-electron chi connectivity index (χ2n) is 9.83. The molecule has 0 bridgehead atoms. The van der Waals surface area contributed by atoms with E-state index >= 15 is 0 Å². The van der Waals surface area contributed by atoms with Crippen LogP contribution in [0.3, 0.4) is 0 Å². The number of carbonyl (C=O) groups is 1. The van der Waals surface area contributed by atoms with Crippen molar-refractivity contribution < 1.29 is 58.8 Å². The number of fused-ring (bicyclic) bond motifs is 1. The van der Waals surface area contributed by atoms with Crippen LogP contribution in [0.2, 0.25) is 0 Å². The number of phenols is 3. The Kier molecular flexibility index (Phi) is 8.73. The second-order valence-corrected chi connectivity index (χ2v) is 9.83. The molecular formula is C31H28O13. The predicted molar refractivity (Wildman–Crippen MR) is 153 cm³/mol. The van der Waals surface area contributed by atoms with E-state index in [-0.39, 0.29) is 39.7 Å². The number of aromatic hydroxyl groups is 3. The molecule has 1 aromatic heterocycles. The molecule has 1 fully saturated rings. The van der Waals surface area contributed by atoms with E-state index < -0.39 is 54.5 Å². The number of ether oxygens (including phenoxy) is 4. The Bertz CT molecular complexity index is 1740. The summed E-state index contributed by atoms with van der Waals surface area (Å²) in [5.41, 5.74) is 0.278. The van der Waals surface area contributed by atoms with Crippen LogP contribution in [-0.2, 0) is 14.3 Å². The molecule has 44 heavy (non-hydrogen) atoms. The van der Waals surface area contributed by atoms with E-state index in [4.69, 9.17) is 23.4 Å². The van der Waals surface area contributed by atoms with Crippen LogP contribution in [0.4, 0.5) is 0 Å². The van der Waals surface area contributed by atoms with Crippen LogP contribution in [-0.4, -0.2) is 81.0 Å². The topological polar surface area (TPSA) is 206 Å². The van der Waals surface area contributed by atoms with Gasteiger partial charge in [-0.1, -0.05) is 12.1 Å². The average Bonchev–Trinajstić information content (AvgIpc) is 3.00. The van der Waals surface area contributed by atoms with E-state index in [2.05, 4.69) is 0 Å². The molecule has 0 unspecified atom stereocenters. The largest absolute Gasteiger partial charge is 0.508 e. The summed E-state index contributed by atoms with van der Waals surface area (Å²) in [5, 5.41) is 61.1.